The summed E-state index contributed by atoms with van der Waals surface area (Å²) in [5.74, 6) is -6.30. The van der Waals surface area contributed by atoms with Crippen molar-refractivity contribution in [2.75, 3.05) is 0 Å². The lowest BCUT2D eigenvalue weighted by Gasteiger charge is -2.18. The molecule has 0 saturated carbocycles. The number of alkyl halides is 3. The van der Waals surface area contributed by atoms with Gasteiger partial charge in [0, 0.05) is 5.56 Å². The molecule has 0 aliphatic heterocycles. The summed E-state index contributed by atoms with van der Waals surface area (Å²) < 4.78 is 103. The summed E-state index contributed by atoms with van der Waals surface area (Å²) >= 11 is 0. The fourth-order valence-corrected chi connectivity index (χ4v) is 2.81. The molecule has 9 heteroatoms. The molecule has 0 atom stereocenters. The normalized spacial score (nSPS) is 13.1. The maximum atomic E-state index is 13.7. The Morgan fingerprint density at radius 1 is 0.950 bits per heavy atom. The number of hydrogen-bond donors (Lipinski definition) is 0. The molecule has 0 aromatic heterocycles. The molecule has 20 heavy (non-hydrogen) atoms. The van der Waals surface area contributed by atoms with Crippen molar-refractivity contribution < 1.29 is 34.8 Å². The fraction of sp³-hybridized carbons (Fsp3) is 0.455. The summed E-state index contributed by atoms with van der Waals surface area (Å²) in [5.41, 5.74) is -3.53. The van der Waals surface area contributed by atoms with Gasteiger partial charge in [-0.25, -0.2) is 21.6 Å². The lowest BCUT2D eigenvalue weighted by molar-refractivity contribution is -0.142. The lowest BCUT2D eigenvalue weighted by atomic mass is 10.1. The maximum Gasteiger partial charge on any atom is 0.420 e. The topological polar surface area (TPSA) is 34.1 Å². The van der Waals surface area contributed by atoms with Crippen LogP contribution >= 0.6 is 0 Å². The van der Waals surface area contributed by atoms with Crippen LogP contribution in [0.3, 0.4) is 0 Å². The van der Waals surface area contributed by atoms with E-state index >= 15 is 0 Å². The number of rotatable bonds is 2. The molecule has 0 saturated heterocycles. The van der Waals surface area contributed by atoms with Gasteiger partial charge in [0.2, 0.25) is 0 Å². The Morgan fingerprint density at radius 2 is 1.40 bits per heavy atom. The van der Waals surface area contributed by atoms with Crippen molar-refractivity contribution in [3.05, 3.63) is 28.6 Å². The molecule has 1 rings (SSSR count). The molecular weight excluding hydrogens is 310 g/mol. The standard InChI is InChI=1S/C11H10F6O2S/c1-4(2)20(18,19)10-6(11(15,16)17)7(12)5(3)8(13)9(10)14/h4H,1-3H3. The van der Waals surface area contributed by atoms with Crippen molar-refractivity contribution >= 4 is 9.84 Å². The first-order valence-corrected chi connectivity index (χ1v) is 6.86. The van der Waals surface area contributed by atoms with Crippen molar-refractivity contribution in [1.29, 1.82) is 0 Å². The third-order valence-electron chi connectivity index (χ3n) is 2.69. The van der Waals surface area contributed by atoms with Gasteiger partial charge in [0.15, 0.2) is 21.5 Å². The average molecular weight is 320 g/mol. The monoisotopic (exact) mass is 320 g/mol. The second-order valence-electron chi connectivity index (χ2n) is 4.36. The minimum atomic E-state index is -5.47. The Kier molecular flexibility index (Phi) is 4.15. The second kappa shape index (κ2) is 4.94. The van der Waals surface area contributed by atoms with E-state index in [2.05, 4.69) is 0 Å². The Balaban J connectivity index is 4.03. The smallest absolute Gasteiger partial charge is 0.223 e. The SMILES string of the molecule is Cc1c(F)c(F)c(S(=O)(=O)C(C)C)c(C(F)(F)F)c1F. The molecule has 0 spiro atoms. The predicted octanol–water partition coefficient (Wildman–Crippen LogP) is 3.61. The minimum Gasteiger partial charge on any atom is -0.223 e. The van der Waals surface area contributed by atoms with Crippen molar-refractivity contribution in [1.82, 2.24) is 0 Å². The van der Waals surface area contributed by atoms with Crippen LogP contribution in [0.2, 0.25) is 0 Å². The van der Waals surface area contributed by atoms with E-state index in [1.165, 1.54) is 0 Å². The van der Waals surface area contributed by atoms with Gasteiger partial charge in [-0.05, 0) is 20.8 Å². The highest BCUT2D eigenvalue weighted by Crippen LogP contribution is 2.40. The second-order valence-corrected chi connectivity index (χ2v) is 6.80. The maximum absolute atomic E-state index is 13.7. The Morgan fingerprint density at radius 3 is 1.75 bits per heavy atom. The van der Waals surface area contributed by atoms with Crippen LogP contribution in [0.1, 0.15) is 25.0 Å². The average Bonchev–Trinajstić information content (AvgIpc) is 2.28. The molecule has 0 fully saturated rings. The highest BCUT2D eigenvalue weighted by Gasteiger charge is 2.45. The van der Waals surface area contributed by atoms with Gasteiger partial charge in [0.25, 0.3) is 0 Å². The lowest BCUT2D eigenvalue weighted by Crippen LogP contribution is -2.24. The van der Waals surface area contributed by atoms with Crippen molar-refractivity contribution in [3.8, 4) is 0 Å². The first-order valence-electron chi connectivity index (χ1n) is 5.31. The van der Waals surface area contributed by atoms with E-state index in [0.29, 0.717) is 6.92 Å². The Labute approximate surface area is 111 Å². The Hall–Kier alpha value is -1.25. The molecule has 0 radical (unpaired) electrons. The molecule has 0 N–H and O–H groups in total. The van der Waals surface area contributed by atoms with Gasteiger partial charge in [0.1, 0.15) is 16.3 Å². The summed E-state index contributed by atoms with van der Waals surface area (Å²) in [7, 11) is -4.86. The summed E-state index contributed by atoms with van der Waals surface area (Å²) in [6, 6.07) is 0. The highest BCUT2D eigenvalue weighted by molar-refractivity contribution is 7.92. The highest BCUT2D eigenvalue weighted by atomic mass is 32.2. The molecule has 0 bridgehead atoms. The van der Waals surface area contributed by atoms with Crippen LogP contribution in [0, 0.1) is 24.4 Å². The van der Waals surface area contributed by atoms with Gasteiger partial charge in [0.05, 0.1) is 5.25 Å². The van der Waals surface area contributed by atoms with E-state index in [-0.39, 0.29) is 0 Å². The van der Waals surface area contributed by atoms with E-state index in [1.54, 1.807) is 0 Å². The Bertz CT molecular complexity index is 646. The zero-order chi connectivity index (χ0) is 16.0. The zero-order valence-electron chi connectivity index (χ0n) is 10.6. The van der Waals surface area contributed by atoms with E-state index in [9.17, 15) is 34.8 Å². The van der Waals surface area contributed by atoms with E-state index in [1.807, 2.05) is 0 Å². The molecule has 0 amide bonds. The van der Waals surface area contributed by atoms with Crippen LogP contribution in [-0.2, 0) is 16.0 Å². The molecule has 0 unspecified atom stereocenters. The number of hydrogen-bond acceptors (Lipinski definition) is 2. The summed E-state index contributed by atoms with van der Waals surface area (Å²) in [5, 5.41) is -1.47. The van der Waals surface area contributed by atoms with Gasteiger partial charge in [-0.3, -0.25) is 0 Å². The molecule has 1 aromatic rings. The third kappa shape index (κ3) is 2.50. The van der Waals surface area contributed by atoms with Crippen molar-refractivity contribution in [2.24, 2.45) is 0 Å². The molecular formula is C11H10F6O2S. The third-order valence-corrected chi connectivity index (χ3v) is 4.88. The summed E-state index contributed by atoms with van der Waals surface area (Å²) in [4.78, 5) is -1.99. The fourth-order valence-electron chi connectivity index (χ4n) is 1.51. The summed E-state index contributed by atoms with van der Waals surface area (Å²) in [6.07, 6.45) is -5.47. The van der Waals surface area contributed by atoms with Crippen LogP contribution < -0.4 is 0 Å². The summed E-state index contributed by atoms with van der Waals surface area (Å²) in [6.45, 7) is 2.55. The molecule has 0 aliphatic rings. The van der Waals surface area contributed by atoms with E-state index in [0.717, 1.165) is 13.8 Å². The first-order chi connectivity index (χ1) is 8.83. The zero-order valence-corrected chi connectivity index (χ0v) is 11.4. The van der Waals surface area contributed by atoms with Crippen LogP contribution in [0.5, 0.6) is 0 Å². The van der Waals surface area contributed by atoms with Crippen LogP contribution in [-0.4, -0.2) is 13.7 Å². The van der Waals surface area contributed by atoms with Gasteiger partial charge < -0.3 is 0 Å². The quantitative estimate of drug-likeness (QED) is 0.616. The first kappa shape index (κ1) is 16.8. The minimum absolute atomic E-state index is 0.592. The number of sulfone groups is 1. The predicted molar refractivity (Wildman–Crippen MR) is 58.4 cm³/mol. The van der Waals surface area contributed by atoms with Crippen molar-refractivity contribution in [2.45, 2.75) is 37.1 Å². The van der Waals surface area contributed by atoms with Gasteiger partial charge in [-0.2, -0.15) is 13.2 Å². The van der Waals surface area contributed by atoms with E-state index < -0.39 is 54.7 Å². The van der Waals surface area contributed by atoms with E-state index in [4.69, 9.17) is 0 Å². The molecule has 114 valence electrons. The van der Waals surface area contributed by atoms with Crippen LogP contribution in [0.25, 0.3) is 0 Å². The molecule has 2 nitrogen and oxygen atoms in total. The van der Waals surface area contributed by atoms with Gasteiger partial charge in [-0.1, -0.05) is 0 Å². The number of benzene rings is 1. The van der Waals surface area contributed by atoms with Crippen LogP contribution in [0.4, 0.5) is 26.3 Å². The number of halogens is 6. The van der Waals surface area contributed by atoms with Crippen molar-refractivity contribution in [3.63, 3.8) is 0 Å². The largest absolute Gasteiger partial charge is 0.420 e. The molecule has 1 aromatic carbocycles. The molecule has 0 aliphatic carbocycles. The van der Waals surface area contributed by atoms with Gasteiger partial charge in [-0.15, -0.1) is 0 Å². The molecule has 0 heterocycles. The van der Waals surface area contributed by atoms with Gasteiger partial charge >= 0.3 is 6.18 Å². The van der Waals surface area contributed by atoms with Crippen LogP contribution in [0.15, 0.2) is 4.90 Å².